The lowest BCUT2D eigenvalue weighted by molar-refractivity contribution is -0.125. The minimum Gasteiger partial charge on any atom is -0.440 e. The summed E-state index contributed by atoms with van der Waals surface area (Å²) in [5.41, 5.74) is 1.48. The van der Waals surface area contributed by atoms with Crippen molar-refractivity contribution in [1.29, 1.82) is 0 Å². The molecule has 3 rings (SSSR count). The van der Waals surface area contributed by atoms with Crippen LogP contribution < -0.4 is 10.6 Å². The summed E-state index contributed by atoms with van der Waals surface area (Å²) in [4.78, 5) is 27.0. The van der Waals surface area contributed by atoms with Crippen LogP contribution in [0, 0.1) is 5.92 Å². The number of halogens is 1. The van der Waals surface area contributed by atoms with Crippen molar-refractivity contribution in [2.24, 2.45) is 5.92 Å². The van der Waals surface area contributed by atoms with Crippen LogP contribution in [0.25, 0.3) is 0 Å². The van der Waals surface area contributed by atoms with E-state index in [0.717, 1.165) is 19.3 Å². The van der Waals surface area contributed by atoms with Gasteiger partial charge in [-0.25, -0.2) is 0 Å². The maximum Gasteiger partial charge on any atom is 0.287 e. The minimum atomic E-state index is -0.269. The molecule has 1 aromatic heterocycles. The molecule has 0 bridgehead atoms. The number of carbonyl (C=O) groups is 2. The first-order chi connectivity index (χ1) is 13.5. The molecular formula is C21H30ClN3O3. The molecule has 2 atom stereocenters. The highest BCUT2D eigenvalue weighted by Crippen LogP contribution is 2.20. The Kier molecular flexibility index (Phi) is 7.57. The van der Waals surface area contributed by atoms with Crippen LogP contribution >= 0.6 is 11.6 Å². The summed E-state index contributed by atoms with van der Waals surface area (Å²) < 4.78 is 5.17. The summed E-state index contributed by atoms with van der Waals surface area (Å²) in [6.07, 6.45) is 9.70. The molecule has 0 unspecified atom stereocenters. The molecule has 0 saturated carbocycles. The van der Waals surface area contributed by atoms with Crippen molar-refractivity contribution in [3.63, 3.8) is 0 Å². The van der Waals surface area contributed by atoms with Gasteiger partial charge < -0.3 is 20.0 Å². The second-order valence-electron chi connectivity index (χ2n) is 7.92. The minimum absolute atomic E-state index is 0.0217. The lowest BCUT2D eigenvalue weighted by Crippen LogP contribution is -2.42. The molecule has 0 spiro atoms. The molecule has 1 saturated heterocycles. The number of likely N-dealkylation sites (N-methyl/N-ethyl adjacent to an activating group) is 1. The van der Waals surface area contributed by atoms with Crippen LogP contribution in [0.4, 0.5) is 0 Å². The average molecular weight is 408 g/mol. The molecule has 2 N–H and O–H groups in total. The van der Waals surface area contributed by atoms with Gasteiger partial charge >= 0.3 is 0 Å². The first kappa shape index (κ1) is 20.9. The fraction of sp³-hybridized carbons (Fsp3) is 0.619. The van der Waals surface area contributed by atoms with Crippen LogP contribution in [0.1, 0.15) is 55.5 Å². The van der Waals surface area contributed by atoms with Gasteiger partial charge in [0, 0.05) is 25.7 Å². The molecular weight excluding hydrogens is 378 g/mol. The summed E-state index contributed by atoms with van der Waals surface area (Å²) in [5, 5.41) is 6.30. The van der Waals surface area contributed by atoms with Gasteiger partial charge in [-0.05, 0) is 75.7 Å². The van der Waals surface area contributed by atoms with Crippen molar-refractivity contribution in [3.8, 4) is 0 Å². The topological polar surface area (TPSA) is 74.6 Å². The maximum absolute atomic E-state index is 12.6. The Balaban J connectivity index is 1.45. The van der Waals surface area contributed by atoms with Crippen molar-refractivity contribution in [1.82, 2.24) is 15.5 Å². The fourth-order valence-electron chi connectivity index (χ4n) is 4.06. The SMILES string of the molecule is CN1C[C@@H](NC(=O)c2ccc(Cl)o2)CC[C@@H](C(=O)NCCC2=CCCCC2)C1. The number of allylic oxidation sites excluding steroid dienone is 1. The van der Waals surface area contributed by atoms with Gasteiger partial charge in [0.25, 0.3) is 5.91 Å². The van der Waals surface area contributed by atoms with E-state index in [1.54, 1.807) is 12.1 Å². The molecule has 0 aromatic carbocycles. The van der Waals surface area contributed by atoms with Crippen LogP contribution in [0.3, 0.4) is 0 Å². The predicted molar refractivity (Wildman–Crippen MR) is 109 cm³/mol. The van der Waals surface area contributed by atoms with Crippen molar-refractivity contribution in [3.05, 3.63) is 34.8 Å². The summed E-state index contributed by atoms with van der Waals surface area (Å²) in [7, 11) is 1.99. The monoisotopic (exact) mass is 407 g/mol. The zero-order valence-corrected chi connectivity index (χ0v) is 17.3. The van der Waals surface area contributed by atoms with Gasteiger partial charge in [-0.2, -0.15) is 0 Å². The number of hydrogen-bond acceptors (Lipinski definition) is 4. The van der Waals surface area contributed by atoms with Gasteiger partial charge in [-0.3, -0.25) is 9.59 Å². The number of hydrogen-bond donors (Lipinski definition) is 2. The molecule has 7 heteroatoms. The highest BCUT2D eigenvalue weighted by molar-refractivity contribution is 6.29. The summed E-state index contributed by atoms with van der Waals surface area (Å²) in [5.74, 6) is 0.00974. The van der Waals surface area contributed by atoms with Gasteiger partial charge in [0.2, 0.25) is 5.91 Å². The van der Waals surface area contributed by atoms with Crippen LogP contribution in [0.15, 0.2) is 28.2 Å². The molecule has 0 radical (unpaired) electrons. The Morgan fingerprint density at radius 1 is 1.25 bits per heavy atom. The number of nitrogens with zero attached hydrogens (tertiary/aromatic N) is 1. The van der Waals surface area contributed by atoms with Crippen LogP contribution in [-0.4, -0.2) is 49.4 Å². The van der Waals surface area contributed by atoms with Crippen molar-refractivity contribution in [2.75, 3.05) is 26.7 Å². The van der Waals surface area contributed by atoms with E-state index in [-0.39, 0.29) is 34.8 Å². The fourth-order valence-corrected chi connectivity index (χ4v) is 4.21. The quantitative estimate of drug-likeness (QED) is 0.709. The third-order valence-corrected chi connectivity index (χ3v) is 5.76. The Morgan fingerprint density at radius 3 is 2.82 bits per heavy atom. The normalized spacial score (nSPS) is 23.6. The lowest BCUT2D eigenvalue weighted by Gasteiger charge is -2.21. The smallest absolute Gasteiger partial charge is 0.287 e. The van der Waals surface area contributed by atoms with E-state index in [1.165, 1.54) is 31.3 Å². The highest BCUT2D eigenvalue weighted by Gasteiger charge is 2.28. The Morgan fingerprint density at radius 2 is 2.11 bits per heavy atom. The number of furan rings is 1. The second-order valence-corrected chi connectivity index (χ2v) is 8.29. The number of rotatable bonds is 6. The molecule has 1 aliphatic heterocycles. The third kappa shape index (κ3) is 6.11. The summed E-state index contributed by atoms with van der Waals surface area (Å²) in [6.45, 7) is 2.12. The first-order valence-corrected chi connectivity index (χ1v) is 10.6. The van der Waals surface area contributed by atoms with Gasteiger partial charge in [0.1, 0.15) is 0 Å². The Hall–Kier alpha value is -1.79. The summed E-state index contributed by atoms with van der Waals surface area (Å²) in [6, 6.07) is 3.10. The molecule has 2 heterocycles. The maximum atomic E-state index is 12.6. The summed E-state index contributed by atoms with van der Waals surface area (Å²) >= 11 is 5.74. The largest absolute Gasteiger partial charge is 0.440 e. The molecule has 1 aromatic rings. The third-order valence-electron chi connectivity index (χ3n) is 5.56. The molecule has 6 nitrogen and oxygen atoms in total. The van der Waals surface area contributed by atoms with Crippen molar-refractivity contribution in [2.45, 2.75) is 51.0 Å². The molecule has 1 fully saturated rings. The number of amides is 2. The van der Waals surface area contributed by atoms with Gasteiger partial charge in [0.05, 0.1) is 5.92 Å². The molecule has 1 aliphatic carbocycles. The zero-order chi connectivity index (χ0) is 19.9. The van der Waals surface area contributed by atoms with Crippen molar-refractivity contribution >= 4 is 23.4 Å². The molecule has 154 valence electrons. The van der Waals surface area contributed by atoms with Crippen LogP contribution in [0.2, 0.25) is 5.22 Å². The van der Waals surface area contributed by atoms with E-state index in [2.05, 4.69) is 21.6 Å². The molecule has 2 amide bonds. The number of carbonyl (C=O) groups excluding carboxylic acids is 2. The lowest BCUT2D eigenvalue weighted by atomic mass is 9.97. The van der Waals surface area contributed by atoms with E-state index < -0.39 is 0 Å². The zero-order valence-electron chi connectivity index (χ0n) is 16.5. The van der Waals surface area contributed by atoms with E-state index in [4.69, 9.17) is 16.0 Å². The molecule has 2 aliphatic rings. The van der Waals surface area contributed by atoms with E-state index in [9.17, 15) is 9.59 Å². The Bertz CT molecular complexity index is 716. The van der Waals surface area contributed by atoms with Gasteiger partial charge in [0.15, 0.2) is 11.0 Å². The first-order valence-electron chi connectivity index (χ1n) is 10.2. The predicted octanol–water partition coefficient (Wildman–Crippen LogP) is 3.38. The van der Waals surface area contributed by atoms with Gasteiger partial charge in [-0.15, -0.1) is 0 Å². The average Bonchev–Trinajstić information content (AvgIpc) is 3.03. The second kappa shape index (κ2) is 10.1. The standard InChI is InChI=1S/C21H30ClN3O3/c1-25-13-16(20(26)23-12-11-15-5-3-2-4-6-15)7-8-17(14-25)24-21(27)18-9-10-19(22)28-18/h5,9-10,16-17H,2-4,6-8,11-14H2,1H3,(H,23,26)(H,24,27)/t16-,17+/m1/s1. The van der Waals surface area contributed by atoms with E-state index in [0.29, 0.717) is 19.6 Å². The number of likely N-dealkylation sites (tertiary alicyclic amines) is 1. The van der Waals surface area contributed by atoms with Crippen molar-refractivity contribution < 1.29 is 14.0 Å². The van der Waals surface area contributed by atoms with E-state index >= 15 is 0 Å². The van der Waals surface area contributed by atoms with Gasteiger partial charge in [-0.1, -0.05) is 11.6 Å². The van der Waals surface area contributed by atoms with Crippen LogP contribution in [-0.2, 0) is 4.79 Å². The van der Waals surface area contributed by atoms with Crippen LogP contribution in [0.5, 0.6) is 0 Å². The number of nitrogens with one attached hydrogen (secondary N) is 2. The highest BCUT2D eigenvalue weighted by atomic mass is 35.5. The van der Waals surface area contributed by atoms with E-state index in [1.807, 2.05) is 7.05 Å². The Labute approximate surface area is 171 Å². The molecule has 28 heavy (non-hydrogen) atoms.